The zero-order valence-corrected chi connectivity index (χ0v) is 12.6. The number of sulfone groups is 1. The highest BCUT2D eigenvalue weighted by Crippen LogP contribution is 2.27. The molecule has 9 heteroatoms. The van der Waals surface area contributed by atoms with Crippen molar-refractivity contribution in [1.82, 2.24) is 15.2 Å². The van der Waals surface area contributed by atoms with Gasteiger partial charge in [0.15, 0.2) is 0 Å². The number of anilines is 1. The van der Waals surface area contributed by atoms with Crippen LogP contribution < -0.4 is 10.1 Å². The van der Waals surface area contributed by atoms with Gasteiger partial charge in [0.1, 0.15) is 12.4 Å². The van der Waals surface area contributed by atoms with Crippen LogP contribution in [-0.2, 0) is 21.1 Å². The van der Waals surface area contributed by atoms with Crippen molar-refractivity contribution in [2.75, 3.05) is 18.2 Å². The Morgan fingerprint density at radius 2 is 2.18 bits per heavy atom. The van der Waals surface area contributed by atoms with Gasteiger partial charge in [-0.3, -0.25) is 10.1 Å². The van der Waals surface area contributed by atoms with Gasteiger partial charge in [-0.15, -0.1) is 5.10 Å². The molecular weight excluding hydrogens is 308 g/mol. The van der Waals surface area contributed by atoms with E-state index in [4.69, 9.17) is 4.74 Å². The summed E-state index contributed by atoms with van der Waals surface area (Å²) in [6, 6.07) is 7.52. The maximum absolute atomic E-state index is 12.2. The second-order valence-corrected chi connectivity index (χ2v) is 6.98. The van der Waals surface area contributed by atoms with Crippen LogP contribution >= 0.6 is 0 Å². The molecule has 0 bridgehead atoms. The first-order chi connectivity index (χ1) is 10.4. The number of rotatable bonds is 3. The lowest BCUT2D eigenvalue weighted by Crippen LogP contribution is -2.32. The maximum Gasteiger partial charge on any atom is 0.249 e. The third-order valence-corrected chi connectivity index (χ3v) is 4.19. The van der Waals surface area contributed by atoms with Crippen molar-refractivity contribution < 1.29 is 17.9 Å². The van der Waals surface area contributed by atoms with E-state index in [9.17, 15) is 13.2 Å². The third-order valence-electron chi connectivity index (χ3n) is 3.30. The van der Waals surface area contributed by atoms with Gasteiger partial charge in [-0.2, -0.15) is 4.98 Å². The number of nitrogens with zero attached hydrogens (tertiary/aromatic N) is 2. The van der Waals surface area contributed by atoms with E-state index >= 15 is 0 Å². The van der Waals surface area contributed by atoms with Crippen LogP contribution in [0.3, 0.4) is 0 Å². The first kappa shape index (κ1) is 14.5. The molecule has 0 fully saturated rings. The molecule has 8 nitrogen and oxygen atoms in total. The Morgan fingerprint density at radius 1 is 1.41 bits per heavy atom. The van der Waals surface area contributed by atoms with E-state index in [0.29, 0.717) is 6.42 Å². The van der Waals surface area contributed by atoms with E-state index in [1.165, 1.54) is 0 Å². The quantitative estimate of drug-likeness (QED) is 0.845. The number of hydrogen-bond donors (Lipinski definition) is 2. The smallest absolute Gasteiger partial charge is 0.249 e. The monoisotopic (exact) mass is 322 g/mol. The number of amides is 1. The molecule has 22 heavy (non-hydrogen) atoms. The third kappa shape index (κ3) is 2.93. The number of benzene rings is 1. The van der Waals surface area contributed by atoms with Crippen molar-refractivity contribution in [1.29, 1.82) is 0 Å². The normalized spacial score (nSPS) is 17.4. The van der Waals surface area contributed by atoms with Crippen LogP contribution in [0.2, 0.25) is 0 Å². The summed E-state index contributed by atoms with van der Waals surface area (Å²) < 4.78 is 28.2. The molecule has 116 valence electrons. The Labute approximate surface area is 126 Å². The van der Waals surface area contributed by atoms with Crippen molar-refractivity contribution in [2.24, 2.45) is 5.92 Å². The van der Waals surface area contributed by atoms with Crippen molar-refractivity contribution in [3.05, 3.63) is 29.8 Å². The van der Waals surface area contributed by atoms with Crippen LogP contribution in [0.4, 0.5) is 5.95 Å². The van der Waals surface area contributed by atoms with Crippen LogP contribution in [0.25, 0.3) is 0 Å². The molecule has 1 aliphatic heterocycles. The highest BCUT2D eigenvalue weighted by Gasteiger charge is 2.27. The van der Waals surface area contributed by atoms with Crippen molar-refractivity contribution >= 4 is 21.7 Å². The number of carbonyl (C=O) groups is 1. The molecule has 0 saturated heterocycles. The summed E-state index contributed by atoms with van der Waals surface area (Å²) in [5.74, 6) is 0.0247. The average Bonchev–Trinajstić information content (AvgIpc) is 2.95. The van der Waals surface area contributed by atoms with E-state index < -0.39 is 9.84 Å². The Balaban J connectivity index is 1.70. The van der Waals surface area contributed by atoms with Gasteiger partial charge in [0.05, 0.1) is 5.92 Å². The highest BCUT2D eigenvalue weighted by molar-refractivity contribution is 7.90. The van der Waals surface area contributed by atoms with Gasteiger partial charge in [-0.05, 0) is 18.1 Å². The Kier molecular flexibility index (Phi) is 3.57. The summed E-state index contributed by atoms with van der Waals surface area (Å²) in [6.45, 7) is 0.256. The predicted molar refractivity (Wildman–Crippen MR) is 77.3 cm³/mol. The Hall–Kier alpha value is -2.42. The van der Waals surface area contributed by atoms with Crippen LogP contribution in [0.5, 0.6) is 5.75 Å². The largest absolute Gasteiger partial charge is 0.492 e. The lowest BCUT2D eigenvalue weighted by molar-refractivity contribution is -0.121. The minimum Gasteiger partial charge on any atom is -0.492 e. The topological polar surface area (TPSA) is 114 Å². The van der Waals surface area contributed by atoms with E-state index in [2.05, 4.69) is 20.5 Å². The Bertz CT molecular complexity index is 815. The molecule has 0 radical (unpaired) electrons. The van der Waals surface area contributed by atoms with Crippen molar-refractivity contribution in [2.45, 2.75) is 11.6 Å². The summed E-state index contributed by atoms with van der Waals surface area (Å²) in [5.41, 5.74) is 0.959. The molecule has 0 unspecified atom stereocenters. The van der Waals surface area contributed by atoms with Gasteiger partial charge in [0, 0.05) is 6.26 Å². The molecule has 1 aromatic carbocycles. The summed E-state index contributed by atoms with van der Waals surface area (Å²) in [5, 5.41) is 8.16. The number of fused-ring (bicyclic) bond motifs is 1. The highest BCUT2D eigenvalue weighted by atomic mass is 32.2. The fraction of sp³-hybridized carbons (Fsp3) is 0.308. The zero-order chi connectivity index (χ0) is 15.7. The van der Waals surface area contributed by atoms with Gasteiger partial charge in [-0.25, -0.2) is 13.5 Å². The minimum atomic E-state index is -3.49. The van der Waals surface area contributed by atoms with Crippen LogP contribution in [-0.4, -0.2) is 42.4 Å². The molecule has 1 amide bonds. The Morgan fingerprint density at radius 3 is 2.91 bits per heavy atom. The van der Waals surface area contributed by atoms with Gasteiger partial charge in [-0.1, -0.05) is 18.2 Å². The number of H-pyrrole nitrogens is 1. The molecule has 1 aromatic heterocycles. The second kappa shape index (κ2) is 5.41. The zero-order valence-electron chi connectivity index (χ0n) is 11.7. The molecular formula is C13H14N4O4S. The van der Waals surface area contributed by atoms with Gasteiger partial charge in [0.2, 0.25) is 26.8 Å². The van der Waals surface area contributed by atoms with E-state index in [1.807, 2.05) is 24.3 Å². The maximum atomic E-state index is 12.2. The van der Waals surface area contributed by atoms with Crippen molar-refractivity contribution in [3.8, 4) is 5.75 Å². The molecule has 0 saturated carbocycles. The van der Waals surface area contributed by atoms with E-state index in [-0.39, 0.29) is 29.5 Å². The van der Waals surface area contributed by atoms with Crippen LogP contribution in [0.1, 0.15) is 5.56 Å². The molecule has 1 aliphatic rings. The van der Waals surface area contributed by atoms with Crippen LogP contribution in [0.15, 0.2) is 29.4 Å². The molecule has 0 spiro atoms. The number of nitrogens with one attached hydrogen (secondary N) is 2. The van der Waals surface area contributed by atoms with Gasteiger partial charge in [0.25, 0.3) is 0 Å². The SMILES string of the molecule is CS(=O)(=O)c1nc(NC(=O)[C@@H]2COc3ccccc3C2)n[nH]1. The molecule has 2 aromatic rings. The number of hydrogen-bond acceptors (Lipinski definition) is 6. The summed E-state index contributed by atoms with van der Waals surface area (Å²) >= 11 is 0. The summed E-state index contributed by atoms with van der Waals surface area (Å²) in [4.78, 5) is 15.9. The number of ether oxygens (including phenoxy) is 1. The number of aromatic amines is 1. The average molecular weight is 322 g/mol. The standard InChI is InChI=1S/C13H14N4O4S/c1-22(19,20)13-15-12(16-17-13)14-11(18)9-6-8-4-2-3-5-10(8)21-7-9/h2-5,9H,6-7H2,1H3,(H2,14,15,16,17,18)/t9-/m0/s1. The lowest BCUT2D eigenvalue weighted by Gasteiger charge is -2.23. The van der Waals surface area contributed by atoms with E-state index in [1.54, 1.807) is 0 Å². The molecule has 0 aliphatic carbocycles. The fourth-order valence-corrected chi connectivity index (χ4v) is 2.64. The number of aromatic nitrogens is 3. The molecule has 1 atom stereocenters. The lowest BCUT2D eigenvalue weighted by atomic mass is 9.96. The molecule has 2 heterocycles. The first-order valence-corrected chi connectivity index (χ1v) is 8.46. The first-order valence-electron chi connectivity index (χ1n) is 6.57. The molecule has 3 rings (SSSR count). The molecule has 2 N–H and O–H groups in total. The second-order valence-electron chi connectivity index (χ2n) is 5.05. The fourth-order valence-electron chi connectivity index (χ4n) is 2.18. The predicted octanol–water partition coefficient (Wildman–Crippen LogP) is 0.398. The van der Waals surface area contributed by atoms with Crippen LogP contribution in [0, 0.1) is 5.92 Å². The minimum absolute atomic E-state index is 0.0655. The number of carbonyl (C=O) groups excluding carboxylic acids is 1. The van der Waals surface area contributed by atoms with Crippen molar-refractivity contribution in [3.63, 3.8) is 0 Å². The van der Waals surface area contributed by atoms with Gasteiger partial charge >= 0.3 is 0 Å². The van der Waals surface area contributed by atoms with Gasteiger partial charge < -0.3 is 4.74 Å². The number of para-hydroxylation sites is 1. The summed E-state index contributed by atoms with van der Waals surface area (Å²) in [6.07, 6.45) is 1.55. The summed E-state index contributed by atoms with van der Waals surface area (Å²) in [7, 11) is -3.49. The van der Waals surface area contributed by atoms with E-state index in [0.717, 1.165) is 17.6 Å².